The summed E-state index contributed by atoms with van der Waals surface area (Å²) in [7, 11) is 0. The molecule has 0 bridgehead atoms. The molecule has 0 fully saturated rings. The fourth-order valence-electron chi connectivity index (χ4n) is 2.65. The molecule has 3 aromatic rings. The third-order valence-corrected chi connectivity index (χ3v) is 4.03. The first-order chi connectivity index (χ1) is 13.1. The second-order valence-electron chi connectivity index (χ2n) is 5.88. The number of rotatable bonds is 7. The minimum Gasteiger partial charge on any atom is -0.395 e. The van der Waals surface area contributed by atoms with E-state index in [-0.39, 0.29) is 31.5 Å². The van der Waals surface area contributed by atoms with Crippen molar-refractivity contribution in [3.8, 4) is 0 Å². The first-order valence-electron chi connectivity index (χ1n) is 8.46. The Morgan fingerprint density at radius 2 is 1.63 bits per heavy atom. The highest BCUT2D eigenvalue weighted by Gasteiger charge is 2.10. The summed E-state index contributed by atoms with van der Waals surface area (Å²) in [6, 6.07) is 10.4. The van der Waals surface area contributed by atoms with Gasteiger partial charge in [0.1, 0.15) is 5.82 Å². The Hall–Kier alpha value is -3.26. The van der Waals surface area contributed by atoms with E-state index in [4.69, 9.17) is 5.11 Å². The summed E-state index contributed by atoms with van der Waals surface area (Å²) in [4.78, 5) is 28.4. The first-order valence-corrected chi connectivity index (χ1v) is 8.46. The molecule has 1 heterocycles. The minimum absolute atomic E-state index is 0.0112. The molecule has 0 aliphatic rings. The zero-order valence-corrected chi connectivity index (χ0v) is 14.5. The van der Waals surface area contributed by atoms with E-state index in [0.717, 1.165) is 5.52 Å². The van der Waals surface area contributed by atoms with Gasteiger partial charge in [0.15, 0.2) is 0 Å². The van der Waals surface area contributed by atoms with Crippen molar-refractivity contribution in [2.75, 3.05) is 19.7 Å². The van der Waals surface area contributed by atoms with E-state index in [1.54, 1.807) is 24.5 Å². The normalized spacial score (nSPS) is 10.7. The van der Waals surface area contributed by atoms with Gasteiger partial charge < -0.3 is 20.3 Å². The van der Waals surface area contributed by atoms with Crippen LogP contribution >= 0.6 is 0 Å². The SMILES string of the molecule is O=C(NCCNC(=O)c1ccc2c(c1)ncn2CCO)c1ccc(F)cc1. The maximum absolute atomic E-state index is 12.8. The molecule has 3 N–H and O–H groups in total. The van der Waals surface area contributed by atoms with E-state index in [0.29, 0.717) is 23.2 Å². The molecule has 2 aromatic carbocycles. The van der Waals surface area contributed by atoms with Gasteiger partial charge in [-0.05, 0) is 42.5 Å². The monoisotopic (exact) mass is 370 g/mol. The lowest BCUT2D eigenvalue weighted by atomic mass is 10.2. The van der Waals surface area contributed by atoms with Crippen LogP contribution in [-0.2, 0) is 6.54 Å². The fourth-order valence-corrected chi connectivity index (χ4v) is 2.65. The predicted molar refractivity (Wildman–Crippen MR) is 97.9 cm³/mol. The molecule has 3 rings (SSSR count). The zero-order valence-electron chi connectivity index (χ0n) is 14.5. The fraction of sp³-hybridized carbons (Fsp3) is 0.211. The Morgan fingerprint density at radius 1 is 1.00 bits per heavy atom. The van der Waals surface area contributed by atoms with Gasteiger partial charge in [0.2, 0.25) is 0 Å². The van der Waals surface area contributed by atoms with Crippen molar-refractivity contribution in [2.24, 2.45) is 0 Å². The van der Waals surface area contributed by atoms with E-state index in [1.165, 1.54) is 24.3 Å². The van der Waals surface area contributed by atoms with Crippen LogP contribution < -0.4 is 10.6 Å². The molecule has 0 unspecified atom stereocenters. The van der Waals surface area contributed by atoms with Gasteiger partial charge in [-0.3, -0.25) is 9.59 Å². The second kappa shape index (κ2) is 8.41. The van der Waals surface area contributed by atoms with Gasteiger partial charge >= 0.3 is 0 Å². The van der Waals surface area contributed by atoms with Crippen LogP contribution in [0.3, 0.4) is 0 Å². The van der Waals surface area contributed by atoms with Crippen LogP contribution in [0.5, 0.6) is 0 Å². The zero-order chi connectivity index (χ0) is 19.2. The van der Waals surface area contributed by atoms with Gasteiger partial charge in [-0.25, -0.2) is 9.37 Å². The molecule has 0 saturated carbocycles. The van der Waals surface area contributed by atoms with Crippen molar-refractivity contribution in [2.45, 2.75) is 6.54 Å². The molecule has 0 atom stereocenters. The Bertz CT molecular complexity index is 953. The van der Waals surface area contributed by atoms with Gasteiger partial charge in [0, 0.05) is 30.8 Å². The number of hydrogen-bond donors (Lipinski definition) is 3. The number of carbonyl (C=O) groups is 2. The highest BCUT2D eigenvalue weighted by molar-refractivity contribution is 5.97. The highest BCUT2D eigenvalue weighted by atomic mass is 19.1. The van der Waals surface area contributed by atoms with E-state index in [2.05, 4.69) is 15.6 Å². The Kier molecular flexibility index (Phi) is 5.77. The first kappa shape index (κ1) is 18.5. The van der Waals surface area contributed by atoms with Crippen LogP contribution in [0, 0.1) is 5.82 Å². The average molecular weight is 370 g/mol. The molecule has 0 saturated heterocycles. The van der Waals surface area contributed by atoms with Crippen LogP contribution in [0.1, 0.15) is 20.7 Å². The van der Waals surface area contributed by atoms with E-state index >= 15 is 0 Å². The summed E-state index contributed by atoms with van der Waals surface area (Å²) in [6.45, 7) is 0.950. The Labute approximate surface area is 154 Å². The summed E-state index contributed by atoms with van der Waals surface area (Å²) in [5, 5.41) is 14.4. The number of carbonyl (C=O) groups excluding carboxylic acids is 2. The van der Waals surface area contributed by atoms with Crippen molar-refractivity contribution in [1.82, 2.24) is 20.2 Å². The number of aromatic nitrogens is 2. The van der Waals surface area contributed by atoms with Crippen LogP contribution in [0.25, 0.3) is 11.0 Å². The Balaban J connectivity index is 1.51. The van der Waals surface area contributed by atoms with Crippen molar-refractivity contribution in [3.05, 3.63) is 65.7 Å². The van der Waals surface area contributed by atoms with Gasteiger partial charge in [-0.1, -0.05) is 0 Å². The van der Waals surface area contributed by atoms with Crippen molar-refractivity contribution in [1.29, 1.82) is 0 Å². The molecule has 1 aromatic heterocycles. The van der Waals surface area contributed by atoms with Gasteiger partial charge in [0.05, 0.1) is 24.0 Å². The highest BCUT2D eigenvalue weighted by Crippen LogP contribution is 2.15. The smallest absolute Gasteiger partial charge is 0.251 e. The number of nitrogens with zero attached hydrogens (tertiary/aromatic N) is 2. The molecule has 140 valence electrons. The van der Waals surface area contributed by atoms with Crippen molar-refractivity contribution in [3.63, 3.8) is 0 Å². The van der Waals surface area contributed by atoms with Gasteiger partial charge in [-0.2, -0.15) is 0 Å². The summed E-state index contributed by atoms with van der Waals surface area (Å²) in [6.07, 6.45) is 1.62. The summed E-state index contributed by atoms with van der Waals surface area (Å²) in [5.41, 5.74) is 2.32. The molecule has 0 spiro atoms. The summed E-state index contributed by atoms with van der Waals surface area (Å²) in [5.74, 6) is -1.01. The molecule has 7 nitrogen and oxygen atoms in total. The summed E-state index contributed by atoms with van der Waals surface area (Å²) >= 11 is 0. The molecule has 8 heteroatoms. The van der Waals surface area contributed by atoms with E-state index in [1.807, 2.05) is 4.57 Å². The number of halogens is 1. The predicted octanol–water partition coefficient (Wildman–Crippen LogP) is 1.33. The lowest BCUT2D eigenvalue weighted by molar-refractivity contribution is 0.0927. The molecule has 27 heavy (non-hydrogen) atoms. The van der Waals surface area contributed by atoms with Gasteiger partial charge in [-0.15, -0.1) is 0 Å². The number of aliphatic hydroxyl groups excluding tert-OH is 1. The topological polar surface area (TPSA) is 96.3 Å². The van der Waals surface area contributed by atoms with Crippen LogP contribution in [-0.4, -0.2) is 46.2 Å². The molecule has 2 amide bonds. The Morgan fingerprint density at radius 3 is 2.30 bits per heavy atom. The molecule has 0 radical (unpaired) electrons. The molecule has 0 aliphatic carbocycles. The number of hydrogen-bond acceptors (Lipinski definition) is 4. The second-order valence-corrected chi connectivity index (χ2v) is 5.88. The summed E-state index contributed by atoms with van der Waals surface area (Å²) < 4.78 is 14.7. The third-order valence-electron chi connectivity index (χ3n) is 4.03. The number of fused-ring (bicyclic) bond motifs is 1. The maximum atomic E-state index is 12.8. The molecular formula is C19H19FN4O3. The largest absolute Gasteiger partial charge is 0.395 e. The van der Waals surface area contributed by atoms with Gasteiger partial charge in [0.25, 0.3) is 11.8 Å². The average Bonchev–Trinajstić information content (AvgIpc) is 3.08. The number of amides is 2. The number of nitrogens with one attached hydrogen (secondary N) is 2. The standard InChI is InChI=1S/C19H19FN4O3/c20-15-4-1-13(2-5-15)18(26)21-7-8-22-19(27)14-3-6-17-16(11-14)23-12-24(17)9-10-25/h1-6,11-12,25H,7-10H2,(H,21,26)(H,22,27). The lowest BCUT2D eigenvalue weighted by Crippen LogP contribution is -2.34. The third kappa shape index (κ3) is 4.48. The van der Waals surface area contributed by atoms with E-state index in [9.17, 15) is 14.0 Å². The van der Waals surface area contributed by atoms with Crippen molar-refractivity contribution >= 4 is 22.8 Å². The van der Waals surface area contributed by atoms with Crippen LogP contribution in [0.4, 0.5) is 4.39 Å². The maximum Gasteiger partial charge on any atom is 0.251 e. The minimum atomic E-state index is -0.406. The van der Waals surface area contributed by atoms with Crippen LogP contribution in [0.15, 0.2) is 48.8 Å². The number of imidazole rings is 1. The lowest BCUT2D eigenvalue weighted by Gasteiger charge is -2.08. The number of aliphatic hydroxyl groups is 1. The number of benzene rings is 2. The van der Waals surface area contributed by atoms with Crippen LogP contribution in [0.2, 0.25) is 0 Å². The van der Waals surface area contributed by atoms with E-state index < -0.39 is 5.82 Å². The van der Waals surface area contributed by atoms with Crippen molar-refractivity contribution < 1.29 is 19.1 Å². The molecule has 0 aliphatic heterocycles. The molecular weight excluding hydrogens is 351 g/mol. The quantitative estimate of drug-likeness (QED) is 0.547.